The fourth-order valence-corrected chi connectivity index (χ4v) is 2.28. The molecule has 4 nitrogen and oxygen atoms in total. The number of hydrogen-bond donors (Lipinski definition) is 2. The van der Waals surface area contributed by atoms with Gasteiger partial charge >= 0.3 is 0 Å². The average Bonchev–Trinajstić information content (AvgIpc) is 2.52. The summed E-state index contributed by atoms with van der Waals surface area (Å²) in [6, 6.07) is 12.6. The van der Waals surface area contributed by atoms with E-state index in [9.17, 15) is 4.79 Å². The number of anilines is 2. The first-order chi connectivity index (χ1) is 10.6. The maximum absolute atomic E-state index is 12.0. The number of benzene rings is 2. The molecule has 22 heavy (non-hydrogen) atoms. The van der Waals surface area contributed by atoms with Gasteiger partial charge in [-0.3, -0.25) is 4.79 Å². The third-order valence-corrected chi connectivity index (χ3v) is 3.82. The van der Waals surface area contributed by atoms with Gasteiger partial charge in [0.05, 0.1) is 28.5 Å². The Hall–Kier alpha value is -1.91. The highest BCUT2D eigenvalue weighted by atomic mass is 35.5. The number of halogens is 2. The molecule has 0 fully saturated rings. The van der Waals surface area contributed by atoms with Crippen LogP contribution in [-0.2, 0) is 4.79 Å². The lowest BCUT2D eigenvalue weighted by Crippen LogP contribution is -2.16. The number of methoxy groups -OCH3 is 1. The van der Waals surface area contributed by atoms with E-state index in [-0.39, 0.29) is 5.91 Å². The molecule has 116 valence electrons. The zero-order chi connectivity index (χ0) is 15.9. The molecule has 0 heterocycles. The molecule has 0 unspecified atom stereocenters. The molecule has 0 atom stereocenters. The zero-order valence-corrected chi connectivity index (χ0v) is 13.5. The van der Waals surface area contributed by atoms with Crippen molar-refractivity contribution in [2.24, 2.45) is 0 Å². The van der Waals surface area contributed by atoms with Crippen LogP contribution in [0.25, 0.3) is 0 Å². The van der Waals surface area contributed by atoms with Crippen molar-refractivity contribution in [2.75, 3.05) is 24.3 Å². The topological polar surface area (TPSA) is 50.4 Å². The fraction of sp³-hybridized carbons (Fsp3) is 0.188. The van der Waals surface area contributed by atoms with Crippen molar-refractivity contribution in [3.63, 3.8) is 0 Å². The molecule has 1 amide bonds. The number of ether oxygens (including phenoxy) is 1. The molecular formula is C16H16Cl2N2O2. The molecule has 0 radical (unpaired) electrons. The van der Waals surface area contributed by atoms with Gasteiger partial charge in [0.15, 0.2) is 0 Å². The minimum absolute atomic E-state index is 0.116. The normalized spacial score (nSPS) is 10.1. The second kappa shape index (κ2) is 7.92. The smallest absolute Gasteiger partial charge is 0.226 e. The molecule has 0 saturated carbocycles. The van der Waals surface area contributed by atoms with Crippen molar-refractivity contribution < 1.29 is 9.53 Å². The van der Waals surface area contributed by atoms with Crippen LogP contribution in [0.1, 0.15) is 6.42 Å². The molecule has 0 aliphatic heterocycles. The number of carbonyl (C=O) groups excluding carboxylic acids is 1. The molecule has 2 aromatic carbocycles. The zero-order valence-electron chi connectivity index (χ0n) is 12.0. The fourth-order valence-electron chi connectivity index (χ4n) is 1.91. The molecule has 2 rings (SSSR count). The summed E-state index contributed by atoms with van der Waals surface area (Å²) >= 11 is 12.0. The Morgan fingerprint density at radius 2 is 1.82 bits per heavy atom. The van der Waals surface area contributed by atoms with E-state index in [2.05, 4.69) is 10.6 Å². The van der Waals surface area contributed by atoms with E-state index < -0.39 is 0 Å². The van der Waals surface area contributed by atoms with Crippen molar-refractivity contribution in [1.29, 1.82) is 0 Å². The Balaban J connectivity index is 1.87. The monoisotopic (exact) mass is 338 g/mol. The highest BCUT2D eigenvalue weighted by Crippen LogP contribution is 2.29. The van der Waals surface area contributed by atoms with Crippen LogP contribution in [0, 0.1) is 0 Å². The van der Waals surface area contributed by atoms with Crippen molar-refractivity contribution in [3.05, 3.63) is 52.5 Å². The maximum atomic E-state index is 12.0. The summed E-state index contributed by atoms with van der Waals surface area (Å²) in [4.78, 5) is 12.0. The highest BCUT2D eigenvalue weighted by Gasteiger charge is 2.08. The van der Waals surface area contributed by atoms with Crippen molar-refractivity contribution in [3.8, 4) is 5.75 Å². The van der Waals surface area contributed by atoms with Gasteiger partial charge in [-0.15, -0.1) is 0 Å². The van der Waals surface area contributed by atoms with Crippen LogP contribution in [0.4, 0.5) is 11.4 Å². The summed E-state index contributed by atoms with van der Waals surface area (Å²) in [6.07, 6.45) is 0.293. The van der Waals surface area contributed by atoms with Crippen LogP contribution in [0.15, 0.2) is 42.5 Å². The first-order valence-corrected chi connectivity index (χ1v) is 7.48. The molecule has 2 aromatic rings. The van der Waals surface area contributed by atoms with Gasteiger partial charge in [-0.25, -0.2) is 0 Å². The van der Waals surface area contributed by atoms with E-state index in [1.54, 1.807) is 31.4 Å². The maximum Gasteiger partial charge on any atom is 0.226 e. The van der Waals surface area contributed by atoms with E-state index in [1.807, 2.05) is 18.2 Å². The van der Waals surface area contributed by atoms with Gasteiger partial charge in [0.1, 0.15) is 5.75 Å². The minimum Gasteiger partial charge on any atom is -0.495 e. The second-order valence-electron chi connectivity index (χ2n) is 4.53. The first-order valence-electron chi connectivity index (χ1n) is 6.72. The molecule has 6 heteroatoms. The number of amides is 1. The van der Waals surface area contributed by atoms with E-state index >= 15 is 0 Å². The first kappa shape index (κ1) is 16.5. The van der Waals surface area contributed by atoms with Crippen molar-refractivity contribution in [2.45, 2.75) is 6.42 Å². The molecular weight excluding hydrogens is 323 g/mol. The van der Waals surface area contributed by atoms with Crippen LogP contribution in [0.3, 0.4) is 0 Å². The van der Waals surface area contributed by atoms with Gasteiger partial charge < -0.3 is 15.4 Å². The molecule has 0 bridgehead atoms. The van der Waals surface area contributed by atoms with Crippen LogP contribution in [-0.4, -0.2) is 19.6 Å². The summed E-state index contributed by atoms with van der Waals surface area (Å²) in [5.41, 5.74) is 1.36. The van der Waals surface area contributed by atoms with Gasteiger partial charge in [0.25, 0.3) is 0 Å². The Morgan fingerprint density at radius 1 is 1.09 bits per heavy atom. The Labute approximate surface area is 139 Å². The van der Waals surface area contributed by atoms with Gasteiger partial charge in [0.2, 0.25) is 5.91 Å². The van der Waals surface area contributed by atoms with E-state index in [1.165, 1.54) is 0 Å². The quantitative estimate of drug-likeness (QED) is 0.818. The standard InChI is InChI=1S/C16H16Cl2N2O2/c1-22-14-8-3-2-6-12(14)20-15(21)9-10-19-13-7-4-5-11(17)16(13)18/h2-8,19H,9-10H2,1H3,(H,20,21). The SMILES string of the molecule is COc1ccccc1NC(=O)CCNc1cccc(Cl)c1Cl. The summed E-state index contributed by atoms with van der Waals surface area (Å²) in [5, 5.41) is 6.83. The van der Waals surface area contributed by atoms with Gasteiger partial charge in [0, 0.05) is 13.0 Å². The van der Waals surface area contributed by atoms with Crippen LogP contribution >= 0.6 is 23.2 Å². The number of carbonyl (C=O) groups is 1. The third-order valence-electron chi connectivity index (χ3n) is 3.00. The lowest BCUT2D eigenvalue weighted by molar-refractivity contribution is -0.115. The lowest BCUT2D eigenvalue weighted by Gasteiger charge is -2.11. The number of hydrogen-bond acceptors (Lipinski definition) is 3. The van der Waals surface area contributed by atoms with Crippen LogP contribution in [0.2, 0.25) is 10.0 Å². The van der Waals surface area contributed by atoms with Gasteiger partial charge in [-0.1, -0.05) is 41.4 Å². The van der Waals surface area contributed by atoms with E-state index in [4.69, 9.17) is 27.9 Å². The van der Waals surface area contributed by atoms with Crippen molar-refractivity contribution in [1.82, 2.24) is 0 Å². The van der Waals surface area contributed by atoms with Crippen LogP contribution in [0.5, 0.6) is 5.75 Å². The number of para-hydroxylation sites is 2. The predicted molar refractivity (Wildman–Crippen MR) is 91.2 cm³/mol. The Morgan fingerprint density at radius 3 is 2.59 bits per heavy atom. The number of nitrogens with one attached hydrogen (secondary N) is 2. The average molecular weight is 339 g/mol. The highest BCUT2D eigenvalue weighted by molar-refractivity contribution is 6.43. The summed E-state index contributed by atoms with van der Waals surface area (Å²) in [6.45, 7) is 0.445. The van der Waals surface area contributed by atoms with Crippen LogP contribution < -0.4 is 15.4 Å². The summed E-state index contributed by atoms with van der Waals surface area (Å²) in [5.74, 6) is 0.511. The molecule has 0 aliphatic carbocycles. The lowest BCUT2D eigenvalue weighted by atomic mass is 10.2. The third kappa shape index (κ3) is 4.29. The van der Waals surface area contributed by atoms with Crippen molar-refractivity contribution >= 4 is 40.5 Å². The van der Waals surface area contributed by atoms with Gasteiger partial charge in [-0.2, -0.15) is 0 Å². The Bertz CT molecular complexity index is 662. The molecule has 0 aliphatic rings. The molecule has 0 aromatic heterocycles. The summed E-state index contributed by atoms with van der Waals surface area (Å²) < 4.78 is 5.19. The second-order valence-corrected chi connectivity index (χ2v) is 5.31. The molecule has 2 N–H and O–H groups in total. The largest absolute Gasteiger partial charge is 0.495 e. The van der Waals surface area contributed by atoms with E-state index in [0.29, 0.717) is 40.1 Å². The van der Waals surface area contributed by atoms with Gasteiger partial charge in [-0.05, 0) is 24.3 Å². The van der Waals surface area contributed by atoms with E-state index in [0.717, 1.165) is 0 Å². The molecule has 0 saturated heterocycles. The predicted octanol–water partition coefficient (Wildman–Crippen LogP) is 4.44. The number of rotatable bonds is 6. The summed E-state index contributed by atoms with van der Waals surface area (Å²) in [7, 11) is 1.56. The molecule has 0 spiro atoms. The Kier molecular flexibility index (Phi) is 5.92. The minimum atomic E-state index is -0.116.